The van der Waals surface area contributed by atoms with Crippen LogP contribution in [0.15, 0.2) is 67.0 Å². The van der Waals surface area contributed by atoms with Gasteiger partial charge in [0.1, 0.15) is 17.9 Å². The van der Waals surface area contributed by atoms with E-state index < -0.39 is 0 Å². The molecule has 0 amide bonds. The van der Waals surface area contributed by atoms with Crippen molar-refractivity contribution in [2.24, 2.45) is 0 Å². The molecule has 4 nitrogen and oxygen atoms in total. The first-order valence-electron chi connectivity index (χ1n) is 8.27. The monoisotopic (exact) mass is 359 g/mol. The quantitative estimate of drug-likeness (QED) is 0.449. The molecule has 0 radical (unpaired) electrons. The maximum atomic E-state index is 6.24. The van der Waals surface area contributed by atoms with Gasteiger partial charge in [-0.05, 0) is 34.5 Å². The van der Waals surface area contributed by atoms with E-state index in [1.165, 1.54) is 6.33 Å². The molecule has 1 aliphatic rings. The molecule has 0 spiro atoms. The zero-order chi connectivity index (χ0) is 17.7. The standard InChI is InChI=1S/C21H14ClN3O/c22-14-8-5-13(6-9-14)17-18-15-4-2-1-3-12(15)7-10-16(18)26-21-19(17)20(23)24-11-25-21/h1-11,17H,(H2,23,24,25). The van der Waals surface area contributed by atoms with Crippen molar-refractivity contribution >= 4 is 28.2 Å². The summed E-state index contributed by atoms with van der Waals surface area (Å²) < 4.78 is 6.08. The van der Waals surface area contributed by atoms with Crippen molar-refractivity contribution in [2.45, 2.75) is 5.92 Å². The second-order valence-electron chi connectivity index (χ2n) is 6.26. The van der Waals surface area contributed by atoms with Gasteiger partial charge in [-0.15, -0.1) is 0 Å². The summed E-state index contributed by atoms with van der Waals surface area (Å²) in [6.45, 7) is 0. The smallest absolute Gasteiger partial charge is 0.228 e. The van der Waals surface area contributed by atoms with Crippen molar-refractivity contribution in [1.82, 2.24) is 9.97 Å². The molecular formula is C21H14ClN3O. The summed E-state index contributed by atoms with van der Waals surface area (Å²) in [4.78, 5) is 8.51. The molecule has 0 aliphatic carbocycles. The Hall–Kier alpha value is -3.11. The summed E-state index contributed by atoms with van der Waals surface area (Å²) in [5.41, 5.74) is 9.17. The average Bonchev–Trinajstić information content (AvgIpc) is 2.67. The van der Waals surface area contributed by atoms with Gasteiger partial charge in [0.2, 0.25) is 5.88 Å². The van der Waals surface area contributed by atoms with Gasteiger partial charge < -0.3 is 10.5 Å². The number of hydrogen-bond acceptors (Lipinski definition) is 4. The van der Waals surface area contributed by atoms with Crippen LogP contribution in [0.2, 0.25) is 5.02 Å². The maximum Gasteiger partial charge on any atom is 0.228 e. The zero-order valence-electron chi connectivity index (χ0n) is 13.7. The number of nitrogen functional groups attached to an aromatic ring is 1. The first-order chi connectivity index (χ1) is 12.7. The lowest BCUT2D eigenvalue weighted by atomic mass is 9.81. The highest BCUT2D eigenvalue weighted by atomic mass is 35.5. The molecule has 1 aromatic heterocycles. The number of aromatic nitrogens is 2. The molecule has 0 saturated heterocycles. The third kappa shape index (κ3) is 2.23. The van der Waals surface area contributed by atoms with Gasteiger partial charge in [-0.3, -0.25) is 0 Å². The van der Waals surface area contributed by atoms with E-state index in [0.717, 1.165) is 33.2 Å². The predicted octanol–water partition coefficient (Wildman–Crippen LogP) is 5.15. The van der Waals surface area contributed by atoms with E-state index in [-0.39, 0.29) is 5.92 Å². The number of benzene rings is 3. The summed E-state index contributed by atoms with van der Waals surface area (Å²) in [5, 5.41) is 2.96. The number of fused-ring (bicyclic) bond motifs is 4. The molecule has 5 heteroatoms. The topological polar surface area (TPSA) is 61.0 Å². The second-order valence-corrected chi connectivity index (χ2v) is 6.70. The van der Waals surface area contributed by atoms with E-state index in [4.69, 9.17) is 22.1 Å². The van der Waals surface area contributed by atoms with Crippen LogP contribution in [-0.4, -0.2) is 9.97 Å². The number of rotatable bonds is 1. The van der Waals surface area contributed by atoms with E-state index in [9.17, 15) is 0 Å². The van der Waals surface area contributed by atoms with Crippen molar-refractivity contribution < 1.29 is 4.74 Å². The van der Waals surface area contributed by atoms with Crippen LogP contribution < -0.4 is 10.5 Å². The molecule has 2 N–H and O–H groups in total. The lowest BCUT2D eigenvalue weighted by Gasteiger charge is -2.29. The predicted molar refractivity (Wildman–Crippen MR) is 103 cm³/mol. The fraction of sp³-hybridized carbons (Fsp3) is 0.0476. The first kappa shape index (κ1) is 15.2. The zero-order valence-corrected chi connectivity index (χ0v) is 14.4. The van der Waals surface area contributed by atoms with E-state index >= 15 is 0 Å². The Morgan fingerprint density at radius 3 is 2.54 bits per heavy atom. The van der Waals surface area contributed by atoms with Crippen molar-refractivity contribution in [1.29, 1.82) is 0 Å². The molecule has 1 aliphatic heterocycles. The fourth-order valence-electron chi connectivity index (χ4n) is 3.64. The average molecular weight is 360 g/mol. The lowest BCUT2D eigenvalue weighted by molar-refractivity contribution is 0.434. The van der Waals surface area contributed by atoms with Crippen molar-refractivity contribution in [3.63, 3.8) is 0 Å². The summed E-state index contributed by atoms with van der Waals surface area (Å²) in [7, 11) is 0. The van der Waals surface area contributed by atoms with Crippen molar-refractivity contribution in [3.8, 4) is 11.6 Å². The number of nitrogens with zero attached hydrogens (tertiary/aromatic N) is 2. The summed E-state index contributed by atoms with van der Waals surface area (Å²) >= 11 is 6.10. The SMILES string of the molecule is Nc1ncnc2c1C(c1ccc(Cl)cc1)c1c(ccc3ccccc13)O2. The Bertz CT molecular complexity index is 1140. The highest BCUT2D eigenvalue weighted by Crippen LogP contribution is 2.50. The second kappa shape index (κ2) is 5.71. The Morgan fingerprint density at radius 1 is 0.885 bits per heavy atom. The maximum absolute atomic E-state index is 6.24. The molecule has 126 valence electrons. The first-order valence-corrected chi connectivity index (χ1v) is 8.65. The Morgan fingerprint density at radius 2 is 1.69 bits per heavy atom. The minimum atomic E-state index is -0.127. The Kier molecular flexibility index (Phi) is 3.33. The van der Waals surface area contributed by atoms with Crippen LogP contribution in [-0.2, 0) is 0 Å². The van der Waals surface area contributed by atoms with Gasteiger partial charge in [-0.25, -0.2) is 9.97 Å². The number of ether oxygens (including phenoxy) is 1. The molecule has 2 heterocycles. The molecule has 0 fully saturated rings. The molecule has 1 unspecified atom stereocenters. The van der Waals surface area contributed by atoms with Gasteiger partial charge >= 0.3 is 0 Å². The van der Waals surface area contributed by atoms with E-state index in [1.807, 2.05) is 42.5 Å². The van der Waals surface area contributed by atoms with Gasteiger partial charge in [0.25, 0.3) is 0 Å². The van der Waals surface area contributed by atoms with E-state index in [1.54, 1.807) is 0 Å². The van der Waals surface area contributed by atoms with E-state index in [0.29, 0.717) is 16.7 Å². The minimum Gasteiger partial charge on any atom is -0.438 e. The Labute approximate surface area is 155 Å². The van der Waals surface area contributed by atoms with Gasteiger partial charge in [0.05, 0.1) is 5.56 Å². The number of halogens is 1. The lowest BCUT2D eigenvalue weighted by Crippen LogP contribution is -2.16. The highest BCUT2D eigenvalue weighted by Gasteiger charge is 2.33. The van der Waals surface area contributed by atoms with Crippen LogP contribution in [0.25, 0.3) is 10.8 Å². The van der Waals surface area contributed by atoms with Crippen LogP contribution in [0.1, 0.15) is 22.6 Å². The Balaban J connectivity index is 1.87. The molecule has 26 heavy (non-hydrogen) atoms. The van der Waals surface area contributed by atoms with Gasteiger partial charge in [0, 0.05) is 16.5 Å². The molecule has 1 atom stereocenters. The number of hydrogen-bond donors (Lipinski definition) is 1. The van der Waals surface area contributed by atoms with Crippen LogP contribution in [0, 0.1) is 0 Å². The largest absolute Gasteiger partial charge is 0.438 e. The van der Waals surface area contributed by atoms with Crippen LogP contribution in [0.3, 0.4) is 0 Å². The molecule has 4 aromatic rings. The van der Waals surface area contributed by atoms with Gasteiger partial charge in [-0.1, -0.05) is 54.1 Å². The van der Waals surface area contributed by atoms with Crippen molar-refractivity contribution in [3.05, 3.63) is 88.7 Å². The normalized spacial score (nSPS) is 15.2. The molecule has 0 bridgehead atoms. The molecule has 3 aromatic carbocycles. The van der Waals surface area contributed by atoms with Crippen LogP contribution >= 0.6 is 11.6 Å². The summed E-state index contributed by atoms with van der Waals surface area (Å²) in [5.74, 6) is 1.58. The number of nitrogens with two attached hydrogens (primary N) is 1. The van der Waals surface area contributed by atoms with Crippen molar-refractivity contribution in [2.75, 3.05) is 5.73 Å². The number of anilines is 1. The molecule has 0 saturated carbocycles. The van der Waals surface area contributed by atoms with Gasteiger partial charge in [0.15, 0.2) is 0 Å². The third-order valence-electron chi connectivity index (χ3n) is 4.80. The molecule has 5 rings (SSSR count). The van der Waals surface area contributed by atoms with Crippen LogP contribution in [0.5, 0.6) is 11.6 Å². The fourth-order valence-corrected chi connectivity index (χ4v) is 3.77. The minimum absolute atomic E-state index is 0.127. The third-order valence-corrected chi connectivity index (χ3v) is 5.05. The van der Waals surface area contributed by atoms with E-state index in [2.05, 4.69) is 28.2 Å². The highest BCUT2D eigenvalue weighted by molar-refractivity contribution is 6.30. The van der Waals surface area contributed by atoms with Crippen LogP contribution in [0.4, 0.5) is 5.82 Å². The van der Waals surface area contributed by atoms with Gasteiger partial charge in [-0.2, -0.15) is 0 Å². The summed E-state index contributed by atoms with van der Waals surface area (Å²) in [6, 6.07) is 20.1. The summed E-state index contributed by atoms with van der Waals surface area (Å²) in [6.07, 6.45) is 1.43. The molecular weight excluding hydrogens is 346 g/mol.